The molecule has 0 heterocycles. The van der Waals surface area contributed by atoms with Gasteiger partial charge >= 0.3 is 6.03 Å². The second-order valence-electron chi connectivity index (χ2n) is 8.37. The first-order chi connectivity index (χ1) is 12.5. The smallest absolute Gasteiger partial charge is 0.319 e. The van der Waals surface area contributed by atoms with Gasteiger partial charge in [0.15, 0.2) is 0 Å². The van der Waals surface area contributed by atoms with Crippen molar-refractivity contribution in [3.05, 3.63) is 24.3 Å². The van der Waals surface area contributed by atoms with E-state index in [1.807, 2.05) is 0 Å². The maximum atomic E-state index is 12.5. The topological polar surface area (TPSA) is 93.5 Å². The highest BCUT2D eigenvalue weighted by molar-refractivity contribution is 5.89. The van der Waals surface area contributed by atoms with Gasteiger partial charge in [-0.25, -0.2) is 4.79 Å². The van der Waals surface area contributed by atoms with E-state index in [-0.39, 0.29) is 30.5 Å². The molecule has 26 heavy (non-hydrogen) atoms. The molecule has 6 heteroatoms. The highest BCUT2D eigenvalue weighted by atomic mass is 16.5. The van der Waals surface area contributed by atoms with Crippen molar-refractivity contribution in [2.45, 2.75) is 50.5 Å². The lowest BCUT2D eigenvalue weighted by atomic mass is 9.53. The fraction of sp³-hybridized carbons (Fsp3) is 0.600. The number of carbonyl (C=O) groups is 2. The lowest BCUT2D eigenvalue weighted by Gasteiger charge is -2.56. The van der Waals surface area contributed by atoms with E-state index in [1.165, 1.54) is 19.3 Å². The zero-order valence-corrected chi connectivity index (χ0v) is 15.0. The minimum absolute atomic E-state index is 0.0106. The fourth-order valence-electron chi connectivity index (χ4n) is 5.57. The molecule has 4 fully saturated rings. The van der Waals surface area contributed by atoms with E-state index < -0.39 is 0 Å². The van der Waals surface area contributed by atoms with Gasteiger partial charge in [0.25, 0.3) is 0 Å². The Hall–Kier alpha value is -2.24. The number of benzene rings is 1. The molecule has 0 unspecified atom stereocenters. The van der Waals surface area contributed by atoms with Crippen LogP contribution in [-0.4, -0.2) is 24.1 Å². The number of anilines is 1. The Morgan fingerprint density at radius 1 is 1.04 bits per heavy atom. The summed E-state index contributed by atoms with van der Waals surface area (Å²) in [6, 6.07) is 7.05. The van der Waals surface area contributed by atoms with Crippen LogP contribution in [0.3, 0.4) is 0 Å². The summed E-state index contributed by atoms with van der Waals surface area (Å²) in [7, 11) is 0. The van der Waals surface area contributed by atoms with E-state index in [0.717, 1.165) is 42.7 Å². The van der Waals surface area contributed by atoms with Gasteiger partial charge in [-0.05, 0) is 80.5 Å². The van der Waals surface area contributed by atoms with Crippen molar-refractivity contribution in [1.82, 2.24) is 5.32 Å². The average Bonchev–Trinajstić information content (AvgIpc) is 2.54. The van der Waals surface area contributed by atoms with Crippen LogP contribution in [0.4, 0.5) is 10.5 Å². The first-order valence-corrected chi connectivity index (χ1v) is 9.60. The van der Waals surface area contributed by atoms with Crippen LogP contribution in [0.25, 0.3) is 0 Å². The molecule has 0 saturated heterocycles. The molecule has 3 amide bonds. The Kier molecular flexibility index (Phi) is 4.51. The number of rotatable bonds is 6. The number of ether oxygens (including phenoxy) is 1. The van der Waals surface area contributed by atoms with Gasteiger partial charge in [-0.2, -0.15) is 0 Å². The summed E-state index contributed by atoms with van der Waals surface area (Å²) in [6.45, 7) is 0.259. The highest BCUT2D eigenvalue weighted by Crippen LogP contribution is 2.55. The minimum Gasteiger partial charge on any atom is -0.493 e. The van der Waals surface area contributed by atoms with Crippen molar-refractivity contribution in [1.29, 1.82) is 0 Å². The molecule has 0 spiro atoms. The molecule has 4 saturated carbocycles. The summed E-state index contributed by atoms with van der Waals surface area (Å²) >= 11 is 0. The fourth-order valence-corrected chi connectivity index (χ4v) is 5.57. The first-order valence-electron chi connectivity index (χ1n) is 9.60. The SMILES string of the molecule is NC(=O)CCOc1ccc(NC(=O)NC23CC4CC(CC(C4)C2)C3)cc1. The van der Waals surface area contributed by atoms with Crippen LogP contribution < -0.4 is 21.1 Å². The van der Waals surface area contributed by atoms with Crippen molar-refractivity contribution in [3.8, 4) is 5.75 Å². The predicted molar refractivity (Wildman–Crippen MR) is 98.8 cm³/mol. The van der Waals surface area contributed by atoms with Crippen LogP contribution in [0, 0.1) is 17.8 Å². The minimum atomic E-state index is -0.385. The second-order valence-corrected chi connectivity index (χ2v) is 8.37. The summed E-state index contributed by atoms with van der Waals surface area (Å²) in [5.41, 5.74) is 5.83. The summed E-state index contributed by atoms with van der Waals surface area (Å²) in [5, 5.41) is 6.24. The molecule has 4 aliphatic carbocycles. The average molecular weight is 357 g/mol. The van der Waals surface area contributed by atoms with E-state index in [9.17, 15) is 9.59 Å². The van der Waals surface area contributed by atoms with Crippen LogP contribution >= 0.6 is 0 Å². The molecule has 0 aliphatic heterocycles. The van der Waals surface area contributed by atoms with Gasteiger partial charge in [-0.15, -0.1) is 0 Å². The summed E-state index contributed by atoms with van der Waals surface area (Å²) < 4.78 is 5.44. The maximum Gasteiger partial charge on any atom is 0.319 e. The molecule has 0 aromatic heterocycles. The van der Waals surface area contributed by atoms with Crippen molar-refractivity contribution in [2.24, 2.45) is 23.5 Å². The van der Waals surface area contributed by atoms with Crippen molar-refractivity contribution >= 4 is 17.6 Å². The van der Waals surface area contributed by atoms with Gasteiger partial charge in [0, 0.05) is 11.2 Å². The lowest BCUT2D eigenvalue weighted by molar-refractivity contribution is -0.118. The van der Waals surface area contributed by atoms with Crippen molar-refractivity contribution < 1.29 is 14.3 Å². The largest absolute Gasteiger partial charge is 0.493 e. The Labute approximate surface area is 153 Å². The van der Waals surface area contributed by atoms with E-state index in [1.54, 1.807) is 24.3 Å². The van der Waals surface area contributed by atoms with E-state index >= 15 is 0 Å². The lowest BCUT2D eigenvalue weighted by Crippen LogP contribution is -2.60. The molecule has 6 nitrogen and oxygen atoms in total. The number of hydrogen-bond acceptors (Lipinski definition) is 3. The van der Waals surface area contributed by atoms with Crippen molar-refractivity contribution in [3.63, 3.8) is 0 Å². The zero-order valence-electron chi connectivity index (χ0n) is 15.0. The highest BCUT2D eigenvalue weighted by Gasteiger charge is 2.51. The van der Waals surface area contributed by atoms with Gasteiger partial charge < -0.3 is 21.1 Å². The van der Waals surface area contributed by atoms with Crippen LogP contribution in [0.1, 0.15) is 44.9 Å². The third kappa shape index (κ3) is 3.79. The van der Waals surface area contributed by atoms with Crippen LogP contribution in [-0.2, 0) is 4.79 Å². The molecule has 4 bridgehead atoms. The maximum absolute atomic E-state index is 12.5. The van der Waals surface area contributed by atoms with Crippen molar-refractivity contribution in [2.75, 3.05) is 11.9 Å². The van der Waals surface area contributed by atoms with Crippen LogP contribution in [0.2, 0.25) is 0 Å². The Balaban J connectivity index is 1.30. The molecule has 4 aliphatic rings. The van der Waals surface area contributed by atoms with Gasteiger partial charge in [-0.1, -0.05) is 0 Å². The van der Waals surface area contributed by atoms with E-state index in [0.29, 0.717) is 5.75 Å². The molecular formula is C20H27N3O3. The Bertz CT molecular complexity index is 651. The second kappa shape index (κ2) is 6.82. The normalized spacial score (nSPS) is 31.5. The molecule has 0 atom stereocenters. The number of nitrogens with two attached hydrogens (primary N) is 1. The summed E-state index contributed by atoms with van der Waals surface area (Å²) in [6.07, 6.45) is 7.68. The van der Waals surface area contributed by atoms with E-state index in [4.69, 9.17) is 10.5 Å². The predicted octanol–water partition coefficient (Wildman–Crippen LogP) is 3.03. The third-order valence-corrected chi connectivity index (χ3v) is 6.15. The molecule has 1 aromatic carbocycles. The number of nitrogens with one attached hydrogen (secondary N) is 2. The Morgan fingerprint density at radius 3 is 2.15 bits per heavy atom. The molecule has 0 radical (unpaired) electrons. The molecule has 140 valence electrons. The zero-order chi connectivity index (χ0) is 18.1. The summed E-state index contributed by atoms with van der Waals surface area (Å²) in [4.78, 5) is 23.2. The standard InChI is InChI=1S/C20H27N3O3/c21-18(24)5-6-26-17-3-1-16(2-4-17)22-19(25)23-20-10-13-7-14(11-20)9-15(8-13)12-20/h1-4,13-15H,5-12H2,(H2,21,24)(H2,22,23,25). The van der Waals surface area contributed by atoms with Crippen LogP contribution in [0.15, 0.2) is 24.3 Å². The van der Waals surface area contributed by atoms with Gasteiger partial charge in [0.05, 0.1) is 13.0 Å². The van der Waals surface area contributed by atoms with Crippen LogP contribution in [0.5, 0.6) is 5.75 Å². The third-order valence-electron chi connectivity index (χ3n) is 6.15. The molecule has 1 aromatic rings. The number of carbonyl (C=O) groups excluding carboxylic acids is 2. The van der Waals surface area contributed by atoms with Gasteiger partial charge in [0.2, 0.25) is 5.91 Å². The number of urea groups is 1. The molecular weight excluding hydrogens is 330 g/mol. The van der Waals surface area contributed by atoms with Gasteiger partial charge in [-0.3, -0.25) is 4.79 Å². The molecule has 4 N–H and O–H groups in total. The molecule has 5 rings (SSSR count). The number of amides is 3. The number of hydrogen-bond donors (Lipinski definition) is 3. The quantitative estimate of drug-likeness (QED) is 0.730. The first kappa shape index (κ1) is 17.2. The Morgan fingerprint density at radius 2 is 1.62 bits per heavy atom. The summed E-state index contributed by atoms with van der Waals surface area (Å²) in [5.74, 6) is 2.68. The van der Waals surface area contributed by atoms with E-state index in [2.05, 4.69) is 10.6 Å². The number of primary amides is 1. The van der Waals surface area contributed by atoms with Gasteiger partial charge in [0.1, 0.15) is 5.75 Å². The monoisotopic (exact) mass is 357 g/mol.